The van der Waals surface area contributed by atoms with Crippen molar-refractivity contribution in [1.82, 2.24) is 20.1 Å². The molecule has 3 aromatic rings. The van der Waals surface area contributed by atoms with Crippen molar-refractivity contribution in [3.8, 4) is 0 Å². The molecule has 0 bridgehead atoms. The fourth-order valence-electron chi connectivity index (χ4n) is 3.78. The molecule has 25 heavy (non-hydrogen) atoms. The zero-order valence-corrected chi connectivity index (χ0v) is 15.3. The van der Waals surface area contributed by atoms with E-state index in [4.69, 9.17) is 4.98 Å². The standard InChI is InChI=1S/C21H26N4/c1-21(2,3)25-20-10-6-9-19(17(20)14-23-25)22-13-16-12-11-15-7-4-5-8-18(15)24-16/h4-5,7-8,11-12,14,19,22H,6,9-10,13H2,1-3H3/t19-/m0/s1. The number of rotatable bonds is 3. The molecule has 1 aliphatic carbocycles. The summed E-state index contributed by atoms with van der Waals surface area (Å²) in [6.45, 7) is 7.44. The SMILES string of the molecule is CC(C)(C)n1ncc2c1CCC[C@@H]2NCc1ccc2ccccc2n1. The van der Waals surface area contributed by atoms with E-state index in [-0.39, 0.29) is 5.54 Å². The number of benzene rings is 1. The number of hydrogen-bond donors (Lipinski definition) is 1. The van der Waals surface area contributed by atoms with Gasteiger partial charge in [0, 0.05) is 29.2 Å². The Hall–Kier alpha value is -2.20. The highest BCUT2D eigenvalue weighted by Gasteiger charge is 2.27. The highest BCUT2D eigenvalue weighted by molar-refractivity contribution is 5.78. The van der Waals surface area contributed by atoms with Crippen LogP contribution >= 0.6 is 0 Å². The first-order valence-corrected chi connectivity index (χ1v) is 9.18. The van der Waals surface area contributed by atoms with E-state index in [1.807, 2.05) is 6.07 Å². The molecule has 1 N–H and O–H groups in total. The van der Waals surface area contributed by atoms with Crippen LogP contribution in [-0.4, -0.2) is 14.8 Å². The van der Waals surface area contributed by atoms with Crippen LogP contribution in [0.3, 0.4) is 0 Å². The topological polar surface area (TPSA) is 42.7 Å². The van der Waals surface area contributed by atoms with Gasteiger partial charge >= 0.3 is 0 Å². The molecule has 2 heterocycles. The Bertz CT molecular complexity index is 888. The van der Waals surface area contributed by atoms with Gasteiger partial charge in [-0.3, -0.25) is 9.67 Å². The summed E-state index contributed by atoms with van der Waals surface area (Å²) in [5.74, 6) is 0. The van der Waals surface area contributed by atoms with Gasteiger partial charge in [-0.1, -0.05) is 24.3 Å². The highest BCUT2D eigenvalue weighted by atomic mass is 15.3. The molecule has 0 aliphatic heterocycles. The van der Waals surface area contributed by atoms with E-state index in [0.29, 0.717) is 6.04 Å². The zero-order valence-electron chi connectivity index (χ0n) is 15.3. The normalized spacial score (nSPS) is 17.6. The number of para-hydroxylation sites is 1. The molecule has 0 spiro atoms. The molecule has 2 aromatic heterocycles. The van der Waals surface area contributed by atoms with Gasteiger partial charge in [0.15, 0.2) is 0 Å². The maximum Gasteiger partial charge on any atom is 0.0705 e. The molecule has 4 nitrogen and oxygen atoms in total. The van der Waals surface area contributed by atoms with Gasteiger partial charge in [-0.05, 0) is 52.2 Å². The molecule has 1 aliphatic rings. The van der Waals surface area contributed by atoms with Crippen molar-refractivity contribution in [1.29, 1.82) is 0 Å². The first kappa shape index (κ1) is 16.3. The Balaban J connectivity index is 1.53. The lowest BCUT2D eigenvalue weighted by Crippen LogP contribution is -2.29. The first-order chi connectivity index (χ1) is 12.0. The van der Waals surface area contributed by atoms with Crippen molar-refractivity contribution in [2.45, 2.75) is 58.2 Å². The number of nitrogens with zero attached hydrogens (tertiary/aromatic N) is 3. The molecule has 0 radical (unpaired) electrons. The maximum atomic E-state index is 4.78. The van der Waals surface area contributed by atoms with Gasteiger partial charge in [0.25, 0.3) is 0 Å². The second-order valence-corrected chi connectivity index (χ2v) is 7.95. The van der Waals surface area contributed by atoms with Crippen LogP contribution in [0.1, 0.15) is 56.6 Å². The Kier molecular flexibility index (Phi) is 4.08. The average molecular weight is 334 g/mol. The number of nitrogens with one attached hydrogen (secondary N) is 1. The molecule has 0 amide bonds. The summed E-state index contributed by atoms with van der Waals surface area (Å²) in [6.07, 6.45) is 5.55. The number of fused-ring (bicyclic) bond motifs is 2. The molecule has 0 saturated heterocycles. The van der Waals surface area contributed by atoms with Crippen molar-refractivity contribution in [3.63, 3.8) is 0 Å². The van der Waals surface area contributed by atoms with Crippen molar-refractivity contribution < 1.29 is 0 Å². The summed E-state index contributed by atoms with van der Waals surface area (Å²) in [6, 6.07) is 12.9. The molecular formula is C21H26N4. The van der Waals surface area contributed by atoms with Crippen molar-refractivity contribution in [2.24, 2.45) is 0 Å². The lowest BCUT2D eigenvalue weighted by Gasteiger charge is -2.28. The molecule has 1 atom stereocenters. The van der Waals surface area contributed by atoms with Crippen LogP contribution in [0, 0.1) is 0 Å². The van der Waals surface area contributed by atoms with E-state index in [0.717, 1.165) is 30.6 Å². The summed E-state index contributed by atoms with van der Waals surface area (Å²) < 4.78 is 2.20. The van der Waals surface area contributed by atoms with Gasteiger partial charge in [-0.25, -0.2) is 0 Å². The maximum absolute atomic E-state index is 4.78. The van der Waals surface area contributed by atoms with Gasteiger partial charge < -0.3 is 5.32 Å². The lowest BCUT2D eigenvalue weighted by atomic mass is 9.92. The summed E-state index contributed by atoms with van der Waals surface area (Å²) in [4.78, 5) is 4.78. The predicted molar refractivity (Wildman–Crippen MR) is 101 cm³/mol. The molecule has 0 saturated carbocycles. The zero-order chi connectivity index (χ0) is 17.4. The van der Waals surface area contributed by atoms with Crippen LogP contribution in [0.25, 0.3) is 10.9 Å². The summed E-state index contributed by atoms with van der Waals surface area (Å²) in [7, 11) is 0. The van der Waals surface area contributed by atoms with E-state index in [9.17, 15) is 0 Å². The molecule has 0 fully saturated rings. The molecule has 1 aromatic carbocycles. The fourth-order valence-corrected chi connectivity index (χ4v) is 3.78. The summed E-state index contributed by atoms with van der Waals surface area (Å²) in [5.41, 5.74) is 4.94. The third kappa shape index (κ3) is 3.19. The second kappa shape index (κ2) is 6.26. The summed E-state index contributed by atoms with van der Waals surface area (Å²) >= 11 is 0. The predicted octanol–water partition coefficient (Wildman–Crippen LogP) is 4.35. The molecule has 4 rings (SSSR count). The van der Waals surface area contributed by atoms with Gasteiger partial charge in [0.2, 0.25) is 0 Å². The highest BCUT2D eigenvalue weighted by Crippen LogP contribution is 2.32. The van der Waals surface area contributed by atoms with Crippen LogP contribution in [0.2, 0.25) is 0 Å². The lowest BCUT2D eigenvalue weighted by molar-refractivity contribution is 0.334. The quantitative estimate of drug-likeness (QED) is 0.774. The van der Waals surface area contributed by atoms with Crippen LogP contribution in [0.4, 0.5) is 0 Å². The van der Waals surface area contributed by atoms with Gasteiger partial charge in [-0.2, -0.15) is 5.10 Å². The van der Waals surface area contributed by atoms with Crippen LogP contribution in [0.5, 0.6) is 0 Å². The molecule has 4 heteroatoms. The first-order valence-electron chi connectivity index (χ1n) is 9.18. The number of aromatic nitrogens is 3. The van der Waals surface area contributed by atoms with Crippen molar-refractivity contribution in [3.05, 3.63) is 59.5 Å². The van der Waals surface area contributed by atoms with Crippen LogP contribution in [0.15, 0.2) is 42.6 Å². The van der Waals surface area contributed by atoms with Crippen LogP contribution in [-0.2, 0) is 18.5 Å². The van der Waals surface area contributed by atoms with Crippen LogP contribution < -0.4 is 5.32 Å². The van der Waals surface area contributed by atoms with Gasteiger partial charge in [0.05, 0.1) is 22.9 Å². The van der Waals surface area contributed by atoms with E-state index in [1.54, 1.807) is 0 Å². The Morgan fingerprint density at radius 2 is 2.00 bits per heavy atom. The van der Waals surface area contributed by atoms with Gasteiger partial charge in [-0.15, -0.1) is 0 Å². The minimum Gasteiger partial charge on any atom is -0.304 e. The Morgan fingerprint density at radius 1 is 1.16 bits per heavy atom. The minimum atomic E-state index is 0.0371. The molecule has 0 unspecified atom stereocenters. The van der Waals surface area contributed by atoms with E-state index >= 15 is 0 Å². The summed E-state index contributed by atoms with van der Waals surface area (Å²) in [5, 5.41) is 9.58. The fraction of sp³-hybridized carbons (Fsp3) is 0.429. The van der Waals surface area contributed by atoms with Gasteiger partial charge in [0.1, 0.15) is 0 Å². The second-order valence-electron chi connectivity index (χ2n) is 7.95. The molecule has 130 valence electrons. The monoisotopic (exact) mass is 334 g/mol. The van der Waals surface area contributed by atoms with E-state index in [1.165, 1.54) is 23.1 Å². The van der Waals surface area contributed by atoms with E-state index in [2.05, 4.69) is 72.4 Å². The molecular weight excluding hydrogens is 308 g/mol. The largest absolute Gasteiger partial charge is 0.304 e. The third-order valence-corrected chi connectivity index (χ3v) is 5.00. The average Bonchev–Trinajstić information content (AvgIpc) is 3.05. The van der Waals surface area contributed by atoms with E-state index < -0.39 is 0 Å². The van der Waals surface area contributed by atoms with Crippen molar-refractivity contribution in [2.75, 3.05) is 0 Å². The third-order valence-electron chi connectivity index (χ3n) is 5.00. The smallest absolute Gasteiger partial charge is 0.0705 e. The Morgan fingerprint density at radius 3 is 2.84 bits per heavy atom. The number of hydrogen-bond acceptors (Lipinski definition) is 3. The Labute approximate surface area is 149 Å². The number of pyridine rings is 1. The minimum absolute atomic E-state index is 0.0371. The van der Waals surface area contributed by atoms with Crippen molar-refractivity contribution >= 4 is 10.9 Å².